The summed E-state index contributed by atoms with van der Waals surface area (Å²) >= 11 is 0. The molecule has 0 amide bonds. The van der Waals surface area contributed by atoms with Crippen LogP contribution in [0.2, 0.25) is 0 Å². The van der Waals surface area contributed by atoms with Crippen molar-refractivity contribution in [3.63, 3.8) is 0 Å². The lowest BCUT2D eigenvalue weighted by Gasteiger charge is -2.40. The lowest BCUT2D eigenvalue weighted by molar-refractivity contribution is 0.169. The van der Waals surface area contributed by atoms with Gasteiger partial charge in [-0.25, -0.2) is 0 Å². The first-order valence-corrected chi connectivity index (χ1v) is 7.73. The highest BCUT2D eigenvalue weighted by atomic mass is 16.5. The van der Waals surface area contributed by atoms with E-state index < -0.39 is 0 Å². The Bertz CT molecular complexity index is 511. The third-order valence-electron chi connectivity index (χ3n) is 7.42. The summed E-state index contributed by atoms with van der Waals surface area (Å²) < 4.78 is 5.28. The molecule has 0 saturated heterocycles. The third kappa shape index (κ3) is 1.07. The van der Waals surface area contributed by atoms with Gasteiger partial charge in [0, 0.05) is 0 Å². The summed E-state index contributed by atoms with van der Waals surface area (Å²) in [5.41, 5.74) is 3.43. The first-order chi connectivity index (χ1) is 9.09. The van der Waals surface area contributed by atoms with Crippen LogP contribution in [0.3, 0.4) is 0 Å². The van der Waals surface area contributed by atoms with Crippen LogP contribution in [0.5, 0.6) is 5.75 Å². The second-order valence-corrected chi connectivity index (χ2v) is 7.35. The van der Waals surface area contributed by atoms with Crippen molar-refractivity contribution < 1.29 is 4.74 Å². The maximum Gasteiger partial charge on any atom is 0.118 e. The van der Waals surface area contributed by atoms with Gasteiger partial charge in [0.1, 0.15) is 5.75 Å². The number of methoxy groups -OCH3 is 1. The Hall–Kier alpha value is -0.980. The van der Waals surface area contributed by atoms with Crippen molar-refractivity contribution in [2.24, 2.45) is 16.2 Å². The Morgan fingerprint density at radius 3 is 2.26 bits per heavy atom. The SMILES string of the molecule is COc1ccc(C2CC3(C)C4(CCCC4)C23C)cc1. The lowest BCUT2D eigenvalue weighted by Crippen LogP contribution is -2.30. The zero-order chi connectivity index (χ0) is 13.3. The molecular weight excluding hydrogens is 232 g/mol. The van der Waals surface area contributed by atoms with E-state index in [1.807, 2.05) is 0 Å². The van der Waals surface area contributed by atoms with Gasteiger partial charge in [-0.05, 0) is 59.1 Å². The number of benzene rings is 1. The lowest BCUT2D eigenvalue weighted by atomic mass is 9.64. The zero-order valence-corrected chi connectivity index (χ0v) is 12.3. The van der Waals surface area contributed by atoms with E-state index in [0.717, 1.165) is 11.7 Å². The van der Waals surface area contributed by atoms with E-state index in [1.54, 1.807) is 7.11 Å². The topological polar surface area (TPSA) is 9.23 Å². The predicted molar refractivity (Wildman–Crippen MR) is 77.5 cm³/mol. The second-order valence-electron chi connectivity index (χ2n) is 7.35. The fourth-order valence-corrected chi connectivity index (χ4v) is 6.15. The van der Waals surface area contributed by atoms with Crippen LogP contribution in [0.4, 0.5) is 0 Å². The molecule has 3 saturated carbocycles. The van der Waals surface area contributed by atoms with E-state index in [-0.39, 0.29) is 0 Å². The van der Waals surface area contributed by atoms with Crippen LogP contribution in [0.1, 0.15) is 57.4 Å². The minimum Gasteiger partial charge on any atom is -0.497 e. The number of hydrogen-bond acceptors (Lipinski definition) is 1. The van der Waals surface area contributed by atoms with Crippen LogP contribution in [0, 0.1) is 16.2 Å². The predicted octanol–water partition coefficient (Wildman–Crippen LogP) is 4.77. The molecule has 1 nitrogen and oxygen atoms in total. The molecule has 0 aliphatic heterocycles. The molecule has 0 heterocycles. The summed E-state index contributed by atoms with van der Waals surface area (Å²) in [4.78, 5) is 0. The van der Waals surface area contributed by atoms with E-state index >= 15 is 0 Å². The maximum atomic E-state index is 5.28. The van der Waals surface area contributed by atoms with Crippen LogP contribution < -0.4 is 4.74 Å². The Morgan fingerprint density at radius 2 is 1.68 bits per heavy atom. The van der Waals surface area contributed by atoms with Crippen molar-refractivity contribution >= 4 is 0 Å². The molecule has 3 fully saturated rings. The van der Waals surface area contributed by atoms with Gasteiger partial charge in [-0.3, -0.25) is 0 Å². The number of fused-ring (bicyclic) bond motifs is 3. The van der Waals surface area contributed by atoms with Crippen LogP contribution >= 0.6 is 0 Å². The molecular formula is C18H24O. The number of hydrogen-bond donors (Lipinski definition) is 0. The smallest absolute Gasteiger partial charge is 0.118 e. The molecule has 19 heavy (non-hydrogen) atoms. The van der Waals surface area contributed by atoms with Gasteiger partial charge in [0.25, 0.3) is 0 Å². The molecule has 1 aromatic rings. The summed E-state index contributed by atoms with van der Waals surface area (Å²) in [6.45, 7) is 5.12. The van der Waals surface area contributed by atoms with Gasteiger partial charge in [-0.2, -0.15) is 0 Å². The summed E-state index contributed by atoms with van der Waals surface area (Å²) in [6.07, 6.45) is 7.27. The highest BCUT2D eigenvalue weighted by Gasteiger charge is 2.89. The van der Waals surface area contributed by atoms with Crippen molar-refractivity contribution in [3.8, 4) is 5.75 Å². The molecule has 1 spiro atoms. The van der Waals surface area contributed by atoms with Crippen LogP contribution in [-0.4, -0.2) is 7.11 Å². The Morgan fingerprint density at radius 1 is 1.05 bits per heavy atom. The quantitative estimate of drug-likeness (QED) is 0.740. The zero-order valence-electron chi connectivity index (χ0n) is 12.3. The first kappa shape index (κ1) is 11.8. The molecule has 1 aromatic carbocycles. The van der Waals surface area contributed by atoms with Gasteiger partial charge in [-0.15, -0.1) is 0 Å². The molecule has 3 unspecified atom stereocenters. The van der Waals surface area contributed by atoms with Gasteiger partial charge in [0.2, 0.25) is 0 Å². The monoisotopic (exact) mass is 256 g/mol. The Labute approximate surface area is 116 Å². The molecule has 1 heteroatoms. The molecule has 3 aliphatic carbocycles. The van der Waals surface area contributed by atoms with Crippen molar-refractivity contribution in [3.05, 3.63) is 29.8 Å². The van der Waals surface area contributed by atoms with Gasteiger partial charge >= 0.3 is 0 Å². The molecule has 4 rings (SSSR count). The summed E-state index contributed by atoms with van der Waals surface area (Å²) in [5, 5.41) is 0. The fraction of sp³-hybridized carbons (Fsp3) is 0.667. The minimum atomic E-state index is 0.574. The molecule has 102 valence electrons. The third-order valence-corrected chi connectivity index (χ3v) is 7.42. The number of rotatable bonds is 2. The van der Waals surface area contributed by atoms with Gasteiger partial charge < -0.3 is 4.74 Å². The summed E-state index contributed by atoms with van der Waals surface area (Å²) in [6, 6.07) is 8.82. The van der Waals surface area contributed by atoms with E-state index in [1.165, 1.54) is 37.7 Å². The second kappa shape index (κ2) is 3.37. The standard InChI is InChI=1S/C18H24O/c1-16-12-15(13-6-8-14(19-3)9-7-13)17(16,2)18(16)10-4-5-11-18/h6-9,15H,4-5,10-12H2,1-3H3. The van der Waals surface area contributed by atoms with E-state index in [0.29, 0.717) is 16.2 Å². The molecule has 3 atom stereocenters. The molecule has 3 aliphatic rings. The van der Waals surface area contributed by atoms with Crippen molar-refractivity contribution in [2.75, 3.05) is 7.11 Å². The summed E-state index contributed by atoms with van der Waals surface area (Å²) in [5.74, 6) is 1.75. The van der Waals surface area contributed by atoms with Crippen molar-refractivity contribution in [1.82, 2.24) is 0 Å². The van der Waals surface area contributed by atoms with Crippen LogP contribution in [0.15, 0.2) is 24.3 Å². The van der Waals surface area contributed by atoms with Gasteiger partial charge in [0.15, 0.2) is 0 Å². The maximum absolute atomic E-state index is 5.28. The largest absolute Gasteiger partial charge is 0.497 e. The van der Waals surface area contributed by atoms with E-state index in [4.69, 9.17) is 4.74 Å². The van der Waals surface area contributed by atoms with Crippen molar-refractivity contribution in [2.45, 2.75) is 51.9 Å². The first-order valence-electron chi connectivity index (χ1n) is 7.73. The Balaban J connectivity index is 1.65. The number of ether oxygens (including phenoxy) is 1. The normalized spacial score (nSPS) is 41.7. The average molecular weight is 256 g/mol. The van der Waals surface area contributed by atoms with Gasteiger partial charge in [0.05, 0.1) is 7.11 Å². The van der Waals surface area contributed by atoms with Crippen LogP contribution in [-0.2, 0) is 0 Å². The average Bonchev–Trinajstić information content (AvgIpc) is 2.87. The fourth-order valence-electron chi connectivity index (χ4n) is 6.15. The molecule has 0 bridgehead atoms. The highest BCUT2D eigenvalue weighted by molar-refractivity contribution is 5.45. The Kier molecular flexibility index (Phi) is 2.09. The highest BCUT2D eigenvalue weighted by Crippen LogP contribution is 2.96. The van der Waals surface area contributed by atoms with E-state index in [2.05, 4.69) is 38.1 Å². The van der Waals surface area contributed by atoms with E-state index in [9.17, 15) is 0 Å². The van der Waals surface area contributed by atoms with Crippen molar-refractivity contribution in [1.29, 1.82) is 0 Å². The van der Waals surface area contributed by atoms with Crippen LogP contribution in [0.25, 0.3) is 0 Å². The molecule has 0 radical (unpaired) electrons. The molecule has 0 aromatic heterocycles. The minimum absolute atomic E-state index is 0.574. The van der Waals surface area contributed by atoms with Gasteiger partial charge in [-0.1, -0.05) is 38.8 Å². The molecule has 0 N–H and O–H groups in total. The summed E-state index contributed by atoms with van der Waals surface area (Å²) in [7, 11) is 1.74.